The number of urea groups is 1. The van der Waals surface area contributed by atoms with Crippen LogP contribution in [0.1, 0.15) is 0 Å². The van der Waals surface area contributed by atoms with E-state index >= 15 is 0 Å². The van der Waals surface area contributed by atoms with Crippen LogP contribution in [0.4, 0.5) is 16.2 Å². The zero-order valence-corrected chi connectivity index (χ0v) is 12.0. The van der Waals surface area contributed by atoms with Crippen LogP contribution in [-0.4, -0.2) is 26.2 Å². The van der Waals surface area contributed by atoms with Crippen molar-refractivity contribution in [1.29, 1.82) is 0 Å². The molecule has 0 spiro atoms. The molecule has 0 bridgehead atoms. The lowest BCUT2D eigenvalue weighted by atomic mass is 10.3. The predicted molar refractivity (Wildman–Crippen MR) is 83.2 cm³/mol. The van der Waals surface area contributed by atoms with Gasteiger partial charge in [-0.1, -0.05) is 17.7 Å². The molecule has 0 fully saturated rings. The monoisotopic (exact) mass is 314 g/mol. The molecule has 7 nitrogen and oxygen atoms in total. The molecule has 0 aliphatic carbocycles. The molecule has 2 N–H and O–H groups in total. The van der Waals surface area contributed by atoms with Gasteiger partial charge >= 0.3 is 6.03 Å². The summed E-state index contributed by atoms with van der Waals surface area (Å²) in [7, 11) is 0. The Hall–Kier alpha value is -2.93. The number of rotatable bonds is 3. The number of tetrazole rings is 1. The van der Waals surface area contributed by atoms with Gasteiger partial charge in [-0.3, -0.25) is 0 Å². The third-order valence-corrected chi connectivity index (χ3v) is 3.06. The lowest BCUT2D eigenvalue weighted by molar-refractivity contribution is 0.262. The van der Waals surface area contributed by atoms with E-state index in [-0.39, 0.29) is 6.03 Å². The second-order valence-corrected chi connectivity index (χ2v) is 4.83. The molecule has 22 heavy (non-hydrogen) atoms. The molecule has 110 valence electrons. The van der Waals surface area contributed by atoms with Crippen molar-refractivity contribution in [3.8, 4) is 5.69 Å². The minimum Gasteiger partial charge on any atom is -0.308 e. The molecular weight excluding hydrogens is 304 g/mol. The van der Waals surface area contributed by atoms with E-state index in [4.69, 9.17) is 11.6 Å². The van der Waals surface area contributed by atoms with Gasteiger partial charge in [0.05, 0.1) is 5.69 Å². The summed E-state index contributed by atoms with van der Waals surface area (Å²) < 4.78 is 1.52. The number of hydrogen-bond donors (Lipinski definition) is 2. The van der Waals surface area contributed by atoms with Crippen molar-refractivity contribution in [1.82, 2.24) is 20.2 Å². The Bertz CT molecular complexity index is 772. The van der Waals surface area contributed by atoms with Crippen molar-refractivity contribution in [3.05, 3.63) is 59.9 Å². The van der Waals surface area contributed by atoms with E-state index in [0.29, 0.717) is 16.4 Å². The highest BCUT2D eigenvalue weighted by Crippen LogP contribution is 2.16. The molecule has 0 atom stereocenters. The van der Waals surface area contributed by atoms with Crippen LogP contribution in [0.2, 0.25) is 5.02 Å². The normalized spacial score (nSPS) is 10.2. The van der Waals surface area contributed by atoms with Crippen molar-refractivity contribution in [2.24, 2.45) is 0 Å². The fraction of sp³-hybridized carbons (Fsp3) is 0. The molecular formula is C14H11ClN6O. The van der Waals surface area contributed by atoms with Crippen LogP contribution in [0.5, 0.6) is 0 Å². The molecule has 3 rings (SSSR count). The first-order valence-corrected chi connectivity index (χ1v) is 6.75. The van der Waals surface area contributed by atoms with Crippen LogP contribution < -0.4 is 10.6 Å². The Morgan fingerprint density at radius 1 is 1.05 bits per heavy atom. The summed E-state index contributed by atoms with van der Waals surface area (Å²) in [6.45, 7) is 0. The zero-order chi connectivity index (χ0) is 15.4. The predicted octanol–water partition coefficient (Wildman–Crippen LogP) is 2.96. The van der Waals surface area contributed by atoms with E-state index in [1.54, 1.807) is 48.5 Å². The molecule has 0 saturated carbocycles. The van der Waals surface area contributed by atoms with E-state index in [1.165, 1.54) is 11.0 Å². The lowest BCUT2D eigenvalue weighted by Crippen LogP contribution is -2.19. The number of anilines is 2. The summed E-state index contributed by atoms with van der Waals surface area (Å²) in [4.78, 5) is 11.9. The number of benzene rings is 2. The second kappa shape index (κ2) is 6.23. The summed E-state index contributed by atoms with van der Waals surface area (Å²) in [5.74, 6) is 0. The van der Waals surface area contributed by atoms with Crippen LogP contribution in [0.15, 0.2) is 54.9 Å². The Labute approximate surface area is 130 Å². The number of carbonyl (C=O) groups is 1. The highest BCUT2D eigenvalue weighted by molar-refractivity contribution is 6.30. The minimum absolute atomic E-state index is 0.350. The number of aromatic nitrogens is 4. The van der Waals surface area contributed by atoms with Crippen LogP contribution >= 0.6 is 11.6 Å². The molecule has 0 aliphatic heterocycles. The third kappa shape index (κ3) is 3.39. The topological polar surface area (TPSA) is 84.7 Å². The molecule has 0 unspecified atom stereocenters. The first-order valence-electron chi connectivity index (χ1n) is 6.38. The van der Waals surface area contributed by atoms with E-state index in [2.05, 4.69) is 26.2 Å². The molecule has 1 heterocycles. The Kier molecular flexibility index (Phi) is 3.97. The molecule has 2 amide bonds. The van der Waals surface area contributed by atoms with E-state index in [0.717, 1.165) is 5.69 Å². The van der Waals surface area contributed by atoms with Gasteiger partial charge in [-0.2, -0.15) is 0 Å². The maximum absolute atomic E-state index is 11.9. The van der Waals surface area contributed by atoms with Gasteiger partial charge in [0.25, 0.3) is 0 Å². The van der Waals surface area contributed by atoms with E-state index in [1.807, 2.05) is 0 Å². The van der Waals surface area contributed by atoms with E-state index in [9.17, 15) is 4.79 Å². The molecule has 0 aliphatic rings. The molecule has 2 aromatic carbocycles. The zero-order valence-electron chi connectivity index (χ0n) is 11.3. The fourth-order valence-electron chi connectivity index (χ4n) is 1.84. The second-order valence-electron chi connectivity index (χ2n) is 4.39. The third-order valence-electron chi connectivity index (χ3n) is 2.82. The standard InChI is InChI=1S/C14H11ClN6O/c15-10-2-1-3-12(8-10)18-14(22)17-11-4-6-13(7-5-11)21-9-16-19-20-21/h1-9H,(H2,17,18,22). The van der Waals surface area contributed by atoms with Crippen molar-refractivity contribution in [3.63, 3.8) is 0 Å². The van der Waals surface area contributed by atoms with E-state index < -0.39 is 0 Å². The quantitative estimate of drug-likeness (QED) is 0.778. The lowest BCUT2D eigenvalue weighted by Gasteiger charge is -2.08. The van der Waals surface area contributed by atoms with Crippen molar-refractivity contribution in [2.75, 3.05) is 10.6 Å². The van der Waals surface area contributed by atoms with Gasteiger partial charge < -0.3 is 10.6 Å². The van der Waals surface area contributed by atoms with Gasteiger partial charge in [0.15, 0.2) is 0 Å². The number of halogens is 1. The van der Waals surface area contributed by atoms with Crippen molar-refractivity contribution >= 4 is 29.0 Å². The van der Waals surface area contributed by atoms with Crippen LogP contribution in [0.25, 0.3) is 5.69 Å². The van der Waals surface area contributed by atoms with Gasteiger partial charge in [0.2, 0.25) is 0 Å². The highest BCUT2D eigenvalue weighted by atomic mass is 35.5. The average Bonchev–Trinajstić information content (AvgIpc) is 3.02. The number of hydrogen-bond acceptors (Lipinski definition) is 4. The van der Waals surface area contributed by atoms with Crippen molar-refractivity contribution in [2.45, 2.75) is 0 Å². The Morgan fingerprint density at radius 3 is 2.50 bits per heavy atom. The first-order chi connectivity index (χ1) is 10.7. The summed E-state index contributed by atoms with van der Waals surface area (Å²) in [6, 6.07) is 13.7. The van der Waals surface area contributed by atoms with Gasteiger partial charge in [0, 0.05) is 16.4 Å². The van der Waals surface area contributed by atoms with Crippen LogP contribution in [0.3, 0.4) is 0 Å². The van der Waals surface area contributed by atoms with Crippen LogP contribution in [0, 0.1) is 0 Å². The maximum Gasteiger partial charge on any atom is 0.323 e. The number of nitrogens with one attached hydrogen (secondary N) is 2. The number of carbonyl (C=O) groups excluding carboxylic acids is 1. The molecule has 0 saturated heterocycles. The van der Waals surface area contributed by atoms with Gasteiger partial charge in [0.1, 0.15) is 6.33 Å². The SMILES string of the molecule is O=C(Nc1ccc(-n2cnnn2)cc1)Nc1cccc(Cl)c1. The van der Waals surface area contributed by atoms with Gasteiger partial charge in [-0.25, -0.2) is 9.48 Å². The average molecular weight is 315 g/mol. The summed E-state index contributed by atoms with van der Waals surface area (Å²) in [6.07, 6.45) is 1.49. The molecule has 0 radical (unpaired) electrons. The minimum atomic E-state index is -0.350. The first kappa shape index (κ1) is 14.0. The summed E-state index contributed by atoms with van der Waals surface area (Å²) >= 11 is 5.86. The highest BCUT2D eigenvalue weighted by Gasteiger charge is 2.04. The molecule has 3 aromatic rings. The van der Waals surface area contributed by atoms with Gasteiger partial charge in [-0.05, 0) is 52.9 Å². The smallest absolute Gasteiger partial charge is 0.308 e. The fourth-order valence-corrected chi connectivity index (χ4v) is 2.03. The maximum atomic E-state index is 11.9. The Balaban J connectivity index is 1.64. The Morgan fingerprint density at radius 2 is 1.82 bits per heavy atom. The van der Waals surface area contributed by atoms with Crippen molar-refractivity contribution < 1.29 is 4.79 Å². The summed E-state index contributed by atoms with van der Waals surface area (Å²) in [5, 5.41) is 16.9. The molecule has 1 aromatic heterocycles. The number of amides is 2. The van der Waals surface area contributed by atoms with Gasteiger partial charge in [-0.15, -0.1) is 5.10 Å². The largest absolute Gasteiger partial charge is 0.323 e. The summed E-state index contributed by atoms with van der Waals surface area (Å²) in [5.41, 5.74) is 2.07. The molecule has 8 heteroatoms. The number of nitrogens with zero attached hydrogens (tertiary/aromatic N) is 4. The van der Waals surface area contributed by atoms with Crippen LogP contribution in [-0.2, 0) is 0 Å².